The first kappa shape index (κ1) is 14.9. The number of rotatable bonds is 7. The Morgan fingerprint density at radius 1 is 1.13 bits per heavy atom. The van der Waals surface area contributed by atoms with Crippen molar-refractivity contribution in [2.75, 3.05) is 46.4 Å². The minimum absolute atomic E-state index is 0.823. The summed E-state index contributed by atoms with van der Waals surface area (Å²) < 4.78 is 4.95. The molecular formula is C12H28N2O. The summed E-state index contributed by atoms with van der Waals surface area (Å²) in [7, 11) is 1.74. The highest BCUT2D eigenvalue weighted by atomic mass is 16.5. The topological polar surface area (TPSA) is 24.5 Å². The second-order valence-electron chi connectivity index (χ2n) is 3.65. The lowest BCUT2D eigenvalue weighted by atomic mass is 10.4. The van der Waals surface area contributed by atoms with Crippen molar-refractivity contribution in [3.8, 4) is 0 Å². The number of nitrogens with zero attached hydrogens (tertiary/aromatic N) is 1. The molecule has 0 atom stereocenters. The zero-order valence-corrected chi connectivity index (χ0v) is 10.7. The zero-order valence-electron chi connectivity index (χ0n) is 10.7. The summed E-state index contributed by atoms with van der Waals surface area (Å²) in [5, 5.41) is 3.36. The second-order valence-corrected chi connectivity index (χ2v) is 3.65. The monoisotopic (exact) mass is 216 g/mol. The molecule has 3 heteroatoms. The smallest absolute Gasteiger partial charge is 0.0587 e. The molecule has 0 amide bonds. The van der Waals surface area contributed by atoms with Crippen molar-refractivity contribution in [1.29, 1.82) is 0 Å². The summed E-state index contributed by atoms with van der Waals surface area (Å²) in [5.74, 6) is 0. The molecule has 3 nitrogen and oxygen atoms in total. The van der Waals surface area contributed by atoms with Gasteiger partial charge in [0.05, 0.1) is 6.61 Å². The second kappa shape index (κ2) is 12.0. The van der Waals surface area contributed by atoms with Gasteiger partial charge in [-0.25, -0.2) is 0 Å². The van der Waals surface area contributed by atoms with E-state index in [0.717, 1.165) is 19.7 Å². The van der Waals surface area contributed by atoms with Crippen LogP contribution in [-0.4, -0.2) is 51.3 Å². The summed E-state index contributed by atoms with van der Waals surface area (Å²) in [4.78, 5) is 2.55. The first-order valence-corrected chi connectivity index (χ1v) is 6.35. The Labute approximate surface area is 95.2 Å². The standard InChI is InChI=1S/C10H22N2O.C2H6/c1-13-10-6-11-5-4-9-12-7-2-3-8-12;1-2/h11H,2-10H2,1H3;1-2H3. The van der Waals surface area contributed by atoms with E-state index < -0.39 is 0 Å². The summed E-state index contributed by atoms with van der Waals surface area (Å²) in [6, 6.07) is 0. The molecule has 0 spiro atoms. The molecule has 1 heterocycles. The highest BCUT2D eigenvalue weighted by Gasteiger charge is 2.09. The van der Waals surface area contributed by atoms with E-state index in [0.29, 0.717) is 0 Å². The summed E-state index contributed by atoms with van der Waals surface area (Å²) in [6.45, 7) is 10.8. The molecule has 1 fully saturated rings. The molecule has 0 bridgehead atoms. The molecule has 1 aliphatic rings. The van der Waals surface area contributed by atoms with E-state index in [4.69, 9.17) is 4.74 Å². The van der Waals surface area contributed by atoms with Gasteiger partial charge in [0.15, 0.2) is 0 Å². The van der Waals surface area contributed by atoms with Crippen LogP contribution in [0.25, 0.3) is 0 Å². The average Bonchev–Trinajstić information content (AvgIpc) is 2.79. The Kier molecular flexibility index (Phi) is 11.9. The van der Waals surface area contributed by atoms with Crippen LogP contribution in [0.4, 0.5) is 0 Å². The number of nitrogens with one attached hydrogen (secondary N) is 1. The maximum absolute atomic E-state index is 4.95. The van der Waals surface area contributed by atoms with E-state index >= 15 is 0 Å². The molecule has 92 valence electrons. The van der Waals surface area contributed by atoms with E-state index in [1.165, 1.54) is 38.9 Å². The van der Waals surface area contributed by atoms with Gasteiger partial charge >= 0.3 is 0 Å². The molecule has 0 radical (unpaired) electrons. The number of likely N-dealkylation sites (tertiary alicyclic amines) is 1. The summed E-state index contributed by atoms with van der Waals surface area (Å²) >= 11 is 0. The first-order chi connectivity index (χ1) is 7.43. The lowest BCUT2D eigenvalue weighted by molar-refractivity contribution is 0.199. The van der Waals surface area contributed by atoms with Crippen molar-refractivity contribution >= 4 is 0 Å². The minimum Gasteiger partial charge on any atom is -0.383 e. The first-order valence-electron chi connectivity index (χ1n) is 6.35. The Hall–Kier alpha value is -0.120. The zero-order chi connectivity index (χ0) is 11.4. The van der Waals surface area contributed by atoms with Crippen molar-refractivity contribution in [2.24, 2.45) is 0 Å². The van der Waals surface area contributed by atoms with E-state index in [1.807, 2.05) is 13.8 Å². The fourth-order valence-corrected chi connectivity index (χ4v) is 1.73. The van der Waals surface area contributed by atoms with Crippen molar-refractivity contribution in [2.45, 2.75) is 33.1 Å². The van der Waals surface area contributed by atoms with Crippen LogP contribution < -0.4 is 5.32 Å². The third-order valence-corrected chi connectivity index (χ3v) is 2.51. The molecule has 1 N–H and O–H groups in total. The molecule has 1 saturated heterocycles. The molecule has 0 aromatic rings. The van der Waals surface area contributed by atoms with Gasteiger partial charge in [0.25, 0.3) is 0 Å². The van der Waals surface area contributed by atoms with Gasteiger partial charge < -0.3 is 15.0 Å². The Balaban J connectivity index is 0.000000921. The molecule has 15 heavy (non-hydrogen) atoms. The number of hydrogen-bond donors (Lipinski definition) is 1. The van der Waals surface area contributed by atoms with E-state index in [9.17, 15) is 0 Å². The van der Waals surface area contributed by atoms with Gasteiger partial charge in [-0.15, -0.1) is 0 Å². The van der Waals surface area contributed by atoms with Gasteiger partial charge in [0, 0.05) is 13.7 Å². The van der Waals surface area contributed by atoms with Gasteiger partial charge in [-0.3, -0.25) is 0 Å². The predicted octanol–water partition coefficient (Wildman–Crippen LogP) is 1.73. The molecule has 0 aromatic carbocycles. The lowest BCUT2D eigenvalue weighted by Gasteiger charge is -2.14. The molecular weight excluding hydrogens is 188 g/mol. The van der Waals surface area contributed by atoms with Crippen LogP contribution in [0.15, 0.2) is 0 Å². The van der Waals surface area contributed by atoms with Crippen LogP contribution in [0.2, 0.25) is 0 Å². The average molecular weight is 216 g/mol. The number of hydrogen-bond acceptors (Lipinski definition) is 3. The van der Waals surface area contributed by atoms with E-state index in [1.54, 1.807) is 7.11 Å². The normalized spacial score (nSPS) is 16.2. The third kappa shape index (κ3) is 8.85. The highest BCUT2D eigenvalue weighted by Crippen LogP contribution is 2.06. The fourth-order valence-electron chi connectivity index (χ4n) is 1.73. The Morgan fingerprint density at radius 3 is 2.40 bits per heavy atom. The molecule has 0 aliphatic carbocycles. The number of ether oxygens (including phenoxy) is 1. The van der Waals surface area contributed by atoms with Gasteiger partial charge in [0.1, 0.15) is 0 Å². The quantitative estimate of drug-likeness (QED) is 0.656. The van der Waals surface area contributed by atoms with Crippen LogP contribution >= 0.6 is 0 Å². The van der Waals surface area contributed by atoms with Crippen LogP contribution in [0.1, 0.15) is 33.1 Å². The highest BCUT2D eigenvalue weighted by molar-refractivity contribution is 4.65. The van der Waals surface area contributed by atoms with Gasteiger partial charge in [-0.2, -0.15) is 0 Å². The van der Waals surface area contributed by atoms with Gasteiger partial charge in [-0.05, 0) is 45.4 Å². The molecule has 1 rings (SSSR count). The van der Waals surface area contributed by atoms with Crippen LogP contribution in [0, 0.1) is 0 Å². The minimum atomic E-state index is 0.823. The van der Waals surface area contributed by atoms with Crippen LogP contribution in [0.3, 0.4) is 0 Å². The van der Waals surface area contributed by atoms with Crippen molar-refractivity contribution in [3.05, 3.63) is 0 Å². The van der Waals surface area contributed by atoms with Crippen LogP contribution in [-0.2, 0) is 4.74 Å². The van der Waals surface area contributed by atoms with Crippen LogP contribution in [0.5, 0.6) is 0 Å². The maximum Gasteiger partial charge on any atom is 0.0587 e. The molecule has 0 saturated carbocycles. The summed E-state index contributed by atoms with van der Waals surface area (Å²) in [5.41, 5.74) is 0. The SMILES string of the molecule is CC.COCCNCCCN1CCCC1. The lowest BCUT2D eigenvalue weighted by Crippen LogP contribution is -2.26. The van der Waals surface area contributed by atoms with Gasteiger partial charge in [0.2, 0.25) is 0 Å². The van der Waals surface area contributed by atoms with Crippen molar-refractivity contribution in [3.63, 3.8) is 0 Å². The van der Waals surface area contributed by atoms with Crippen molar-refractivity contribution < 1.29 is 4.74 Å². The van der Waals surface area contributed by atoms with E-state index in [-0.39, 0.29) is 0 Å². The van der Waals surface area contributed by atoms with E-state index in [2.05, 4.69) is 10.2 Å². The molecule has 0 unspecified atom stereocenters. The number of methoxy groups -OCH3 is 1. The molecule has 1 aliphatic heterocycles. The maximum atomic E-state index is 4.95. The van der Waals surface area contributed by atoms with Gasteiger partial charge in [-0.1, -0.05) is 13.8 Å². The summed E-state index contributed by atoms with van der Waals surface area (Å²) in [6.07, 6.45) is 4.07. The predicted molar refractivity (Wildman–Crippen MR) is 66.4 cm³/mol. The third-order valence-electron chi connectivity index (χ3n) is 2.51. The van der Waals surface area contributed by atoms with Crippen molar-refractivity contribution in [1.82, 2.24) is 10.2 Å². The largest absolute Gasteiger partial charge is 0.383 e. The Bertz CT molecular complexity index is 114. The Morgan fingerprint density at radius 2 is 1.80 bits per heavy atom. The fraction of sp³-hybridized carbons (Fsp3) is 1.00. The molecule has 0 aromatic heterocycles.